The number of anilines is 2. The fourth-order valence-electron chi connectivity index (χ4n) is 3.13. The van der Waals surface area contributed by atoms with Crippen LogP contribution in [0.15, 0.2) is 30.5 Å². The molecule has 0 aromatic carbocycles. The van der Waals surface area contributed by atoms with Crippen LogP contribution in [-0.2, 0) is 0 Å². The molecule has 0 spiro atoms. The highest BCUT2D eigenvalue weighted by Crippen LogP contribution is 2.27. The number of aromatic nitrogens is 4. The van der Waals surface area contributed by atoms with Gasteiger partial charge in [-0.05, 0) is 31.2 Å². The molecule has 4 rings (SSSR count). The largest absolute Gasteiger partial charge is 0.363 e. The van der Waals surface area contributed by atoms with Gasteiger partial charge in [0, 0.05) is 50.9 Å². The van der Waals surface area contributed by atoms with Crippen LogP contribution in [0.25, 0.3) is 11.0 Å². The SMILES string of the molecule is CNc1nnc(N2CCN(C(C)c3ccc4cccnc4n3)CC2)s1. The van der Waals surface area contributed by atoms with Gasteiger partial charge in [-0.1, -0.05) is 11.3 Å². The van der Waals surface area contributed by atoms with Gasteiger partial charge in [-0.2, -0.15) is 0 Å². The lowest BCUT2D eigenvalue weighted by atomic mass is 10.1. The molecule has 0 radical (unpaired) electrons. The van der Waals surface area contributed by atoms with Crippen molar-refractivity contribution in [3.05, 3.63) is 36.2 Å². The summed E-state index contributed by atoms with van der Waals surface area (Å²) >= 11 is 1.60. The maximum atomic E-state index is 4.75. The van der Waals surface area contributed by atoms with E-state index in [2.05, 4.69) is 49.4 Å². The van der Waals surface area contributed by atoms with Gasteiger partial charge in [0.15, 0.2) is 5.65 Å². The van der Waals surface area contributed by atoms with Crippen molar-refractivity contribution in [2.45, 2.75) is 13.0 Å². The molecule has 1 fully saturated rings. The summed E-state index contributed by atoms with van der Waals surface area (Å²) in [5.41, 5.74) is 1.90. The van der Waals surface area contributed by atoms with E-state index in [-0.39, 0.29) is 6.04 Å². The van der Waals surface area contributed by atoms with Gasteiger partial charge in [-0.3, -0.25) is 4.90 Å². The molecular weight excluding hydrogens is 334 g/mol. The third-order valence-electron chi connectivity index (χ3n) is 4.67. The van der Waals surface area contributed by atoms with Crippen LogP contribution in [0.5, 0.6) is 0 Å². The molecule has 1 atom stereocenters. The Morgan fingerprint density at radius 2 is 1.96 bits per heavy atom. The molecular formula is C17H21N7S. The predicted octanol–water partition coefficient (Wildman–Crippen LogP) is 2.41. The third-order valence-corrected chi connectivity index (χ3v) is 5.68. The Morgan fingerprint density at radius 1 is 1.12 bits per heavy atom. The quantitative estimate of drug-likeness (QED) is 0.770. The van der Waals surface area contributed by atoms with E-state index in [0.717, 1.165) is 53.2 Å². The number of nitrogens with zero attached hydrogens (tertiary/aromatic N) is 6. The van der Waals surface area contributed by atoms with Crippen LogP contribution in [0.2, 0.25) is 0 Å². The van der Waals surface area contributed by atoms with E-state index in [0.29, 0.717) is 0 Å². The molecule has 8 heteroatoms. The number of hydrogen-bond acceptors (Lipinski definition) is 8. The fraction of sp³-hybridized carbons (Fsp3) is 0.412. The van der Waals surface area contributed by atoms with Gasteiger partial charge in [0.2, 0.25) is 10.3 Å². The third kappa shape index (κ3) is 3.27. The maximum absolute atomic E-state index is 4.75. The lowest BCUT2D eigenvalue weighted by molar-refractivity contribution is 0.195. The van der Waals surface area contributed by atoms with Gasteiger partial charge in [0.05, 0.1) is 5.69 Å². The second-order valence-electron chi connectivity index (χ2n) is 6.13. The molecule has 1 saturated heterocycles. The molecule has 7 nitrogen and oxygen atoms in total. The Morgan fingerprint density at radius 3 is 2.72 bits per heavy atom. The first-order valence-electron chi connectivity index (χ1n) is 8.46. The van der Waals surface area contributed by atoms with Crippen LogP contribution in [0.1, 0.15) is 18.7 Å². The summed E-state index contributed by atoms with van der Waals surface area (Å²) in [6.07, 6.45) is 1.80. The second-order valence-corrected chi connectivity index (χ2v) is 7.08. The number of fused-ring (bicyclic) bond motifs is 1. The summed E-state index contributed by atoms with van der Waals surface area (Å²) in [6.45, 7) is 6.09. The minimum atomic E-state index is 0.274. The second kappa shape index (κ2) is 6.89. The van der Waals surface area contributed by atoms with Crippen molar-refractivity contribution in [3.63, 3.8) is 0 Å². The van der Waals surface area contributed by atoms with E-state index in [1.807, 2.05) is 19.2 Å². The van der Waals surface area contributed by atoms with E-state index in [4.69, 9.17) is 4.98 Å². The molecule has 1 aliphatic rings. The summed E-state index contributed by atoms with van der Waals surface area (Å²) in [6, 6.07) is 8.49. The average molecular weight is 355 g/mol. The number of piperazine rings is 1. The predicted molar refractivity (Wildman–Crippen MR) is 101 cm³/mol. The standard InChI is InChI=1S/C17H21N7S/c1-12(14-6-5-13-4-3-7-19-15(13)20-14)23-8-10-24(11-9-23)17-22-21-16(18-2)25-17/h3-7,12H,8-11H2,1-2H3,(H,18,21). The first-order valence-corrected chi connectivity index (χ1v) is 9.28. The molecule has 3 aromatic rings. The van der Waals surface area contributed by atoms with Crippen molar-refractivity contribution in [3.8, 4) is 0 Å². The maximum Gasteiger partial charge on any atom is 0.210 e. The zero-order valence-corrected chi connectivity index (χ0v) is 15.2. The highest BCUT2D eigenvalue weighted by atomic mass is 32.1. The van der Waals surface area contributed by atoms with Gasteiger partial charge in [-0.15, -0.1) is 10.2 Å². The summed E-state index contributed by atoms with van der Waals surface area (Å²) in [7, 11) is 1.87. The van der Waals surface area contributed by atoms with E-state index in [1.54, 1.807) is 17.5 Å². The minimum absolute atomic E-state index is 0.274. The Kier molecular flexibility index (Phi) is 4.46. The highest BCUT2D eigenvalue weighted by molar-refractivity contribution is 7.19. The van der Waals surface area contributed by atoms with E-state index >= 15 is 0 Å². The average Bonchev–Trinajstić information content (AvgIpc) is 3.16. The summed E-state index contributed by atoms with van der Waals surface area (Å²) in [5, 5.41) is 14.4. The zero-order chi connectivity index (χ0) is 17.2. The molecule has 0 aliphatic carbocycles. The van der Waals surface area contributed by atoms with Crippen LogP contribution in [-0.4, -0.2) is 58.3 Å². The molecule has 25 heavy (non-hydrogen) atoms. The van der Waals surface area contributed by atoms with Crippen molar-refractivity contribution < 1.29 is 0 Å². The van der Waals surface area contributed by atoms with E-state index in [9.17, 15) is 0 Å². The number of hydrogen-bond donors (Lipinski definition) is 1. The monoisotopic (exact) mass is 355 g/mol. The van der Waals surface area contributed by atoms with Gasteiger partial charge >= 0.3 is 0 Å². The molecule has 1 aliphatic heterocycles. The highest BCUT2D eigenvalue weighted by Gasteiger charge is 2.24. The van der Waals surface area contributed by atoms with Crippen LogP contribution in [0.3, 0.4) is 0 Å². The number of nitrogens with one attached hydrogen (secondary N) is 1. The van der Waals surface area contributed by atoms with Crippen molar-refractivity contribution in [1.82, 2.24) is 25.1 Å². The van der Waals surface area contributed by atoms with Crippen LogP contribution in [0, 0.1) is 0 Å². The molecule has 3 aromatic heterocycles. The van der Waals surface area contributed by atoms with E-state index < -0.39 is 0 Å². The Bertz CT molecular complexity index is 857. The molecule has 4 heterocycles. The lowest BCUT2D eigenvalue weighted by Crippen LogP contribution is -2.47. The topological polar surface area (TPSA) is 70.1 Å². The first kappa shape index (κ1) is 16.2. The Balaban J connectivity index is 1.44. The van der Waals surface area contributed by atoms with Gasteiger partial charge in [0.1, 0.15) is 0 Å². The lowest BCUT2D eigenvalue weighted by Gasteiger charge is -2.37. The normalized spacial score (nSPS) is 17.0. The Hall–Kier alpha value is -2.32. The fourth-order valence-corrected chi connectivity index (χ4v) is 3.88. The van der Waals surface area contributed by atoms with Gasteiger partial charge in [0.25, 0.3) is 0 Å². The molecule has 0 saturated carbocycles. The zero-order valence-electron chi connectivity index (χ0n) is 14.4. The molecule has 1 unspecified atom stereocenters. The van der Waals surface area contributed by atoms with Crippen LogP contribution >= 0.6 is 11.3 Å². The minimum Gasteiger partial charge on any atom is -0.363 e. The van der Waals surface area contributed by atoms with Crippen LogP contribution < -0.4 is 10.2 Å². The van der Waals surface area contributed by atoms with Crippen molar-refractivity contribution in [2.24, 2.45) is 0 Å². The smallest absolute Gasteiger partial charge is 0.210 e. The van der Waals surface area contributed by atoms with Crippen LogP contribution in [0.4, 0.5) is 10.3 Å². The molecule has 130 valence electrons. The first-order chi connectivity index (χ1) is 12.2. The van der Waals surface area contributed by atoms with Crippen molar-refractivity contribution in [1.29, 1.82) is 0 Å². The number of pyridine rings is 2. The number of rotatable bonds is 4. The summed E-state index contributed by atoms with van der Waals surface area (Å²) in [5.74, 6) is 0. The van der Waals surface area contributed by atoms with Gasteiger partial charge < -0.3 is 10.2 Å². The molecule has 0 bridgehead atoms. The summed E-state index contributed by atoms with van der Waals surface area (Å²) < 4.78 is 0. The van der Waals surface area contributed by atoms with E-state index in [1.165, 1.54) is 0 Å². The van der Waals surface area contributed by atoms with Gasteiger partial charge in [-0.25, -0.2) is 9.97 Å². The van der Waals surface area contributed by atoms with Crippen molar-refractivity contribution >= 4 is 32.6 Å². The molecule has 1 N–H and O–H groups in total. The molecule has 0 amide bonds. The Labute approximate surface area is 150 Å². The van der Waals surface area contributed by atoms with Crippen molar-refractivity contribution in [2.75, 3.05) is 43.4 Å². The summed E-state index contributed by atoms with van der Waals surface area (Å²) in [4.78, 5) is 13.9.